The maximum Gasteiger partial charge on any atom is 0.326 e. The van der Waals surface area contributed by atoms with E-state index in [0.717, 1.165) is 0 Å². The number of carbonyl (C=O) groups is 5. The van der Waals surface area contributed by atoms with Crippen LogP contribution in [0.1, 0.15) is 66.2 Å². The maximum atomic E-state index is 13.2. The van der Waals surface area contributed by atoms with Gasteiger partial charge in [-0.25, -0.2) is 4.79 Å². The number of nitrogens with zero attached hydrogens (tertiary/aromatic N) is 1. The van der Waals surface area contributed by atoms with Gasteiger partial charge in [-0.3, -0.25) is 24.2 Å². The number of aliphatic carboxylic acids is 1. The lowest BCUT2D eigenvalue weighted by atomic mass is 9.96. The first-order chi connectivity index (χ1) is 17.2. The molecule has 5 unspecified atom stereocenters. The molecule has 0 rings (SSSR count). The largest absolute Gasteiger partial charge is 0.480 e. The molecule has 37 heavy (non-hydrogen) atoms. The fraction of sp³-hybridized carbons (Fsp3) is 0.739. The number of carboxylic acid groups (broad SMARTS) is 1. The summed E-state index contributed by atoms with van der Waals surface area (Å²) in [6.07, 6.45) is 1.11. The van der Waals surface area contributed by atoms with Crippen LogP contribution in [-0.4, -0.2) is 71.4 Å². The minimum Gasteiger partial charge on any atom is -0.480 e. The van der Waals surface area contributed by atoms with Crippen molar-refractivity contribution >= 4 is 35.6 Å². The molecule has 0 aliphatic rings. The minimum atomic E-state index is -1.36. The molecule has 0 heterocycles. The molecule has 0 saturated carbocycles. The molecule has 14 nitrogen and oxygen atoms in total. The number of hydrogen-bond acceptors (Lipinski definition) is 7. The van der Waals surface area contributed by atoms with Crippen LogP contribution >= 0.6 is 0 Å². The molecule has 0 saturated heterocycles. The second kappa shape index (κ2) is 17.1. The third-order valence-corrected chi connectivity index (χ3v) is 5.73. The van der Waals surface area contributed by atoms with Crippen LogP contribution in [0.25, 0.3) is 0 Å². The summed E-state index contributed by atoms with van der Waals surface area (Å²) in [7, 11) is 0. The molecule has 0 radical (unpaired) electrons. The molecule has 14 heteroatoms. The first kappa shape index (κ1) is 33.6. The van der Waals surface area contributed by atoms with Gasteiger partial charge in [-0.05, 0) is 37.5 Å². The van der Waals surface area contributed by atoms with Crippen molar-refractivity contribution in [3.05, 3.63) is 0 Å². The van der Waals surface area contributed by atoms with Crippen molar-refractivity contribution in [1.82, 2.24) is 16.0 Å². The molecule has 0 aromatic heterocycles. The Labute approximate surface area is 217 Å². The van der Waals surface area contributed by atoms with Crippen LogP contribution in [0, 0.1) is 11.8 Å². The number of rotatable bonds is 18. The topological polar surface area (TPSA) is 258 Å². The van der Waals surface area contributed by atoms with E-state index in [1.807, 2.05) is 20.8 Å². The lowest BCUT2D eigenvalue weighted by Crippen LogP contribution is -2.58. The molecule has 0 fully saturated rings. The number of carbonyl (C=O) groups excluding carboxylic acids is 4. The smallest absolute Gasteiger partial charge is 0.326 e. The molecule has 0 aromatic carbocycles. The number of nitrogens with one attached hydrogen (secondary N) is 3. The van der Waals surface area contributed by atoms with Crippen LogP contribution in [0.2, 0.25) is 0 Å². The van der Waals surface area contributed by atoms with Gasteiger partial charge >= 0.3 is 5.97 Å². The Hall–Kier alpha value is -3.42. The van der Waals surface area contributed by atoms with Gasteiger partial charge in [0.15, 0.2) is 5.96 Å². The summed E-state index contributed by atoms with van der Waals surface area (Å²) >= 11 is 0. The van der Waals surface area contributed by atoms with Crippen LogP contribution in [0.4, 0.5) is 0 Å². The Morgan fingerprint density at radius 2 is 1.46 bits per heavy atom. The van der Waals surface area contributed by atoms with Gasteiger partial charge in [-0.1, -0.05) is 34.1 Å². The summed E-state index contributed by atoms with van der Waals surface area (Å²) < 4.78 is 0. The van der Waals surface area contributed by atoms with Gasteiger partial charge in [-0.15, -0.1) is 0 Å². The van der Waals surface area contributed by atoms with E-state index in [1.165, 1.54) is 0 Å². The molecule has 4 amide bonds. The minimum absolute atomic E-state index is 0.0233. The average molecular weight is 529 g/mol. The third-order valence-electron chi connectivity index (χ3n) is 5.73. The number of guanidine groups is 1. The number of carboxylic acids is 1. The van der Waals surface area contributed by atoms with Crippen LogP contribution in [0.5, 0.6) is 0 Å². The molecule has 0 aromatic rings. The molecule has 0 spiro atoms. The second-order valence-corrected chi connectivity index (χ2v) is 9.52. The average Bonchev–Trinajstić information content (AvgIpc) is 2.80. The van der Waals surface area contributed by atoms with E-state index in [2.05, 4.69) is 20.9 Å². The molecular formula is C23H44N8O6. The molecule has 5 atom stereocenters. The highest BCUT2D eigenvalue weighted by molar-refractivity contribution is 5.94. The van der Waals surface area contributed by atoms with Crippen molar-refractivity contribution < 1.29 is 29.1 Å². The third kappa shape index (κ3) is 14.0. The SMILES string of the molecule is CCC(C)C(NC(=O)C(CC(C)C)NC(=O)C(N)CCCN=C(N)N)C(=O)NC(CCC(N)=O)C(=O)O. The van der Waals surface area contributed by atoms with E-state index >= 15 is 0 Å². The van der Waals surface area contributed by atoms with Gasteiger partial charge in [0.25, 0.3) is 0 Å². The quantitative estimate of drug-likeness (QED) is 0.0569. The van der Waals surface area contributed by atoms with Gasteiger partial charge in [-0.2, -0.15) is 0 Å². The summed E-state index contributed by atoms with van der Waals surface area (Å²) in [6.45, 7) is 7.59. The second-order valence-electron chi connectivity index (χ2n) is 9.52. The Bertz CT molecular complexity index is 815. The van der Waals surface area contributed by atoms with E-state index in [4.69, 9.17) is 22.9 Å². The lowest BCUT2D eigenvalue weighted by molar-refractivity contribution is -0.143. The summed E-state index contributed by atoms with van der Waals surface area (Å²) in [4.78, 5) is 65.2. The van der Waals surface area contributed by atoms with Gasteiger partial charge in [0, 0.05) is 13.0 Å². The Morgan fingerprint density at radius 3 is 1.95 bits per heavy atom. The molecule has 0 aliphatic heterocycles. The van der Waals surface area contributed by atoms with E-state index in [1.54, 1.807) is 6.92 Å². The summed E-state index contributed by atoms with van der Waals surface area (Å²) in [5.41, 5.74) is 21.6. The zero-order valence-corrected chi connectivity index (χ0v) is 22.2. The van der Waals surface area contributed by atoms with E-state index < -0.39 is 53.8 Å². The molecular weight excluding hydrogens is 484 g/mol. The first-order valence-corrected chi connectivity index (χ1v) is 12.4. The normalized spacial score (nSPS) is 15.0. The van der Waals surface area contributed by atoms with Crippen molar-refractivity contribution in [2.24, 2.45) is 39.8 Å². The van der Waals surface area contributed by atoms with E-state index in [9.17, 15) is 29.1 Å². The predicted octanol–water partition coefficient (Wildman–Crippen LogP) is -1.74. The van der Waals surface area contributed by atoms with Crippen molar-refractivity contribution in [2.75, 3.05) is 6.54 Å². The van der Waals surface area contributed by atoms with Crippen LogP contribution < -0.4 is 38.9 Å². The fourth-order valence-electron chi connectivity index (χ4n) is 3.39. The monoisotopic (exact) mass is 528 g/mol. The van der Waals surface area contributed by atoms with Gasteiger partial charge in [0.05, 0.1) is 6.04 Å². The predicted molar refractivity (Wildman–Crippen MR) is 139 cm³/mol. The molecule has 12 N–H and O–H groups in total. The molecule has 0 aliphatic carbocycles. The Morgan fingerprint density at radius 1 is 0.865 bits per heavy atom. The van der Waals surface area contributed by atoms with Crippen LogP contribution in [-0.2, 0) is 24.0 Å². The van der Waals surface area contributed by atoms with Crippen molar-refractivity contribution in [3.8, 4) is 0 Å². The highest BCUT2D eigenvalue weighted by Gasteiger charge is 2.33. The standard InChI is InChI=1S/C23H44N8O6/c1-5-13(4)18(21(35)29-15(22(36)37)8-9-17(25)32)31-20(34)16(11-12(2)3)30-19(33)14(24)7-6-10-28-23(26)27/h12-16,18H,5-11,24H2,1-4H3,(H2,25,32)(H,29,35)(H,30,33)(H,31,34)(H,36,37)(H4,26,27,28). The fourth-order valence-corrected chi connectivity index (χ4v) is 3.39. The number of nitrogens with two attached hydrogens (primary N) is 4. The van der Waals surface area contributed by atoms with E-state index in [-0.39, 0.29) is 37.1 Å². The highest BCUT2D eigenvalue weighted by atomic mass is 16.4. The Balaban J connectivity index is 5.47. The molecule has 0 bridgehead atoms. The van der Waals surface area contributed by atoms with Gasteiger partial charge in [0.2, 0.25) is 23.6 Å². The summed E-state index contributed by atoms with van der Waals surface area (Å²) in [5.74, 6) is -4.28. The maximum absolute atomic E-state index is 13.2. The molecule has 212 valence electrons. The van der Waals surface area contributed by atoms with Crippen LogP contribution in [0.3, 0.4) is 0 Å². The van der Waals surface area contributed by atoms with Gasteiger partial charge in [0.1, 0.15) is 18.1 Å². The van der Waals surface area contributed by atoms with E-state index in [0.29, 0.717) is 25.8 Å². The highest BCUT2D eigenvalue weighted by Crippen LogP contribution is 2.12. The number of primary amides is 1. The van der Waals surface area contributed by atoms with Gasteiger partial charge < -0.3 is 44.0 Å². The zero-order valence-electron chi connectivity index (χ0n) is 22.2. The number of hydrogen-bond donors (Lipinski definition) is 8. The summed E-state index contributed by atoms with van der Waals surface area (Å²) in [6, 6.07) is -4.30. The first-order valence-electron chi connectivity index (χ1n) is 12.4. The lowest BCUT2D eigenvalue weighted by Gasteiger charge is -2.28. The summed E-state index contributed by atoms with van der Waals surface area (Å²) in [5, 5.41) is 17.1. The zero-order chi connectivity index (χ0) is 28.7. The number of aliphatic imine (C=N–C) groups is 1. The van der Waals surface area contributed by atoms with Crippen molar-refractivity contribution in [2.45, 2.75) is 90.4 Å². The van der Waals surface area contributed by atoms with Crippen molar-refractivity contribution in [3.63, 3.8) is 0 Å². The van der Waals surface area contributed by atoms with Crippen LogP contribution in [0.15, 0.2) is 4.99 Å². The Kier molecular flexibility index (Phi) is 15.5. The van der Waals surface area contributed by atoms with Crippen molar-refractivity contribution in [1.29, 1.82) is 0 Å². The number of amides is 4.